The van der Waals surface area contributed by atoms with Gasteiger partial charge in [-0.3, -0.25) is 9.79 Å². The van der Waals surface area contributed by atoms with Crippen LogP contribution in [0.1, 0.15) is 54.5 Å². The van der Waals surface area contributed by atoms with E-state index in [0.29, 0.717) is 45.3 Å². The lowest BCUT2D eigenvalue weighted by Gasteiger charge is -2.32. The molecule has 0 radical (unpaired) electrons. The number of benzene rings is 1. The molecule has 3 aliphatic rings. The number of hydrogen-bond donors (Lipinski definition) is 1. The van der Waals surface area contributed by atoms with Gasteiger partial charge in [0.1, 0.15) is 11.9 Å². The Morgan fingerprint density at radius 1 is 1.24 bits per heavy atom. The van der Waals surface area contributed by atoms with Crippen LogP contribution >= 0.6 is 22.9 Å². The van der Waals surface area contributed by atoms with Crippen molar-refractivity contribution in [3.63, 3.8) is 0 Å². The van der Waals surface area contributed by atoms with Crippen LogP contribution in [0.4, 0.5) is 13.2 Å². The van der Waals surface area contributed by atoms with Crippen molar-refractivity contribution >= 4 is 40.3 Å². The van der Waals surface area contributed by atoms with E-state index in [1.807, 2.05) is 10.3 Å². The number of fused-ring (bicyclic) bond motifs is 1. The van der Waals surface area contributed by atoms with Crippen LogP contribution in [0.15, 0.2) is 52.7 Å². The maximum absolute atomic E-state index is 13.9. The van der Waals surface area contributed by atoms with Crippen molar-refractivity contribution < 1.29 is 18.0 Å². The topological polar surface area (TPSA) is 75.4 Å². The van der Waals surface area contributed by atoms with Crippen LogP contribution in [0.3, 0.4) is 0 Å². The van der Waals surface area contributed by atoms with Crippen molar-refractivity contribution in [1.82, 2.24) is 25.0 Å². The Kier molecular flexibility index (Phi) is 6.28. The normalized spacial score (nSPS) is 21.8. The second kappa shape index (κ2) is 9.60. The Balaban J connectivity index is 1.48. The van der Waals surface area contributed by atoms with E-state index >= 15 is 0 Å². The van der Waals surface area contributed by atoms with Gasteiger partial charge >= 0.3 is 6.55 Å². The molecule has 12 heteroatoms. The van der Waals surface area contributed by atoms with Crippen LogP contribution in [-0.4, -0.2) is 44.0 Å². The van der Waals surface area contributed by atoms with E-state index in [2.05, 4.69) is 15.4 Å². The zero-order chi connectivity index (χ0) is 25.7. The van der Waals surface area contributed by atoms with E-state index in [4.69, 9.17) is 16.6 Å². The molecular formula is C25H22ClF3N6OS. The number of thiazole rings is 1. The number of carbonyl (C=O) groups excluding carboxylic acids is 1. The largest absolute Gasteiger partial charge is 0.351 e. The van der Waals surface area contributed by atoms with Gasteiger partial charge in [0.05, 0.1) is 11.7 Å². The molecule has 1 N–H and O–H groups in total. The molecule has 1 aliphatic carbocycles. The molecule has 0 bridgehead atoms. The minimum Gasteiger partial charge on any atom is -0.351 e. The number of aromatic nitrogens is 3. The molecule has 1 saturated carbocycles. The summed E-state index contributed by atoms with van der Waals surface area (Å²) in [6, 6.07) is 4.63. The van der Waals surface area contributed by atoms with Crippen molar-refractivity contribution in [1.29, 1.82) is 0 Å². The third kappa shape index (κ3) is 4.44. The van der Waals surface area contributed by atoms with Crippen molar-refractivity contribution in [2.75, 3.05) is 6.54 Å². The fourth-order valence-electron chi connectivity index (χ4n) is 5.04. The van der Waals surface area contributed by atoms with Gasteiger partial charge in [-0.25, -0.2) is 14.1 Å². The van der Waals surface area contributed by atoms with Crippen LogP contribution < -0.4 is 5.32 Å². The summed E-state index contributed by atoms with van der Waals surface area (Å²) in [6.45, 7) is -2.35. The maximum atomic E-state index is 13.9. The Morgan fingerprint density at radius 2 is 2.08 bits per heavy atom. The number of amides is 1. The molecule has 2 aromatic heterocycles. The number of halogens is 4. The summed E-state index contributed by atoms with van der Waals surface area (Å²) in [5.41, 5.74) is 2.23. The summed E-state index contributed by atoms with van der Waals surface area (Å²) >= 11 is 7.90. The molecular weight excluding hydrogens is 525 g/mol. The molecule has 1 amide bonds. The molecule has 1 saturated heterocycles. The van der Waals surface area contributed by atoms with Gasteiger partial charge in [0.15, 0.2) is 10.8 Å². The predicted molar refractivity (Wildman–Crippen MR) is 134 cm³/mol. The molecule has 2 fully saturated rings. The quantitative estimate of drug-likeness (QED) is 0.447. The van der Waals surface area contributed by atoms with E-state index in [0.717, 1.165) is 25.0 Å². The highest BCUT2D eigenvalue weighted by atomic mass is 35.5. The lowest BCUT2D eigenvalue weighted by molar-refractivity contribution is -0.128. The van der Waals surface area contributed by atoms with Crippen molar-refractivity contribution in [3.05, 3.63) is 74.8 Å². The van der Waals surface area contributed by atoms with E-state index < -0.39 is 18.4 Å². The first-order valence-electron chi connectivity index (χ1n) is 12.0. The summed E-state index contributed by atoms with van der Waals surface area (Å²) in [5, 5.41) is 9.98. The van der Waals surface area contributed by atoms with Crippen molar-refractivity contribution in [2.45, 2.75) is 44.3 Å². The number of carbonyl (C=O) groups is 1. The summed E-state index contributed by atoms with van der Waals surface area (Å²) in [4.78, 5) is 24.2. The number of alkyl halides is 2. The fourth-order valence-corrected chi connectivity index (χ4v) is 5.95. The van der Waals surface area contributed by atoms with Gasteiger partial charge in [0.25, 0.3) is 0 Å². The average molecular weight is 547 g/mol. The molecule has 0 unspecified atom stereocenters. The maximum Gasteiger partial charge on any atom is 0.333 e. The molecule has 2 aliphatic heterocycles. The van der Waals surface area contributed by atoms with E-state index in [-0.39, 0.29) is 22.9 Å². The minimum absolute atomic E-state index is 0.0330. The number of rotatable bonds is 6. The third-order valence-electron chi connectivity index (χ3n) is 7.05. The van der Waals surface area contributed by atoms with Gasteiger partial charge < -0.3 is 10.2 Å². The van der Waals surface area contributed by atoms with Gasteiger partial charge in [-0.05, 0) is 31.0 Å². The fraction of sp³-hybridized carbons (Fsp3) is 0.360. The summed E-state index contributed by atoms with van der Waals surface area (Å²) in [7, 11) is 0. The van der Waals surface area contributed by atoms with Gasteiger partial charge in [-0.1, -0.05) is 24.1 Å². The van der Waals surface area contributed by atoms with Crippen molar-refractivity contribution in [3.8, 4) is 0 Å². The van der Waals surface area contributed by atoms with Gasteiger partial charge in [0, 0.05) is 58.5 Å². The number of hydrogen-bond acceptors (Lipinski definition) is 6. The standard InChI is InChI=1S/C25H22ClF3N6OS/c26-17-10-14(27)4-5-16(17)21-20(18-6-8-35(33-18)25(28)29)19-11-15(31-23(36)13-2-1-3-13)12-34(19)22(32-21)24-30-7-9-37-24/h4-10,13,15,21,25H,1-3,11-12H2,(H,31,36)/t15-,21-/m0/s1. The molecule has 3 aromatic rings. The first-order chi connectivity index (χ1) is 17.9. The summed E-state index contributed by atoms with van der Waals surface area (Å²) in [5.74, 6) is 0.163. The molecule has 6 rings (SSSR count). The van der Waals surface area contributed by atoms with Gasteiger partial charge in [-0.2, -0.15) is 13.9 Å². The lowest BCUT2D eigenvalue weighted by Crippen LogP contribution is -2.43. The molecule has 0 spiro atoms. The van der Waals surface area contributed by atoms with Gasteiger partial charge in [0.2, 0.25) is 5.91 Å². The monoisotopic (exact) mass is 546 g/mol. The van der Waals surface area contributed by atoms with E-state index in [9.17, 15) is 18.0 Å². The van der Waals surface area contributed by atoms with E-state index in [1.165, 1.54) is 35.7 Å². The number of amidine groups is 1. The highest BCUT2D eigenvalue weighted by Gasteiger charge is 2.42. The van der Waals surface area contributed by atoms with Crippen LogP contribution in [-0.2, 0) is 4.79 Å². The zero-order valence-corrected chi connectivity index (χ0v) is 21.0. The number of aliphatic imine (C=N–C) groups is 1. The Morgan fingerprint density at radius 3 is 2.73 bits per heavy atom. The average Bonchev–Trinajstić information content (AvgIpc) is 3.57. The Bertz CT molecular complexity index is 1400. The second-order valence-corrected chi connectivity index (χ2v) is 10.6. The zero-order valence-electron chi connectivity index (χ0n) is 19.5. The number of nitrogens with zero attached hydrogens (tertiary/aromatic N) is 5. The van der Waals surface area contributed by atoms with Crippen LogP contribution in [0.2, 0.25) is 5.02 Å². The summed E-state index contributed by atoms with van der Waals surface area (Å²) in [6.07, 6.45) is 6.17. The second-order valence-electron chi connectivity index (χ2n) is 9.33. The first-order valence-corrected chi connectivity index (χ1v) is 13.2. The highest BCUT2D eigenvalue weighted by molar-refractivity contribution is 7.11. The highest BCUT2D eigenvalue weighted by Crippen LogP contribution is 2.46. The van der Waals surface area contributed by atoms with Crippen molar-refractivity contribution in [2.24, 2.45) is 10.9 Å². The van der Waals surface area contributed by atoms with Crippen LogP contribution in [0, 0.1) is 11.7 Å². The molecule has 37 heavy (non-hydrogen) atoms. The molecule has 192 valence electrons. The molecule has 4 heterocycles. The Hall–Kier alpha value is -3.18. The van der Waals surface area contributed by atoms with Gasteiger partial charge in [-0.15, -0.1) is 11.3 Å². The molecule has 2 atom stereocenters. The molecule has 1 aromatic carbocycles. The lowest BCUT2D eigenvalue weighted by atomic mass is 9.84. The summed E-state index contributed by atoms with van der Waals surface area (Å²) < 4.78 is 41.4. The molecule has 7 nitrogen and oxygen atoms in total. The smallest absolute Gasteiger partial charge is 0.333 e. The van der Waals surface area contributed by atoms with Crippen LogP contribution in [0.25, 0.3) is 5.57 Å². The van der Waals surface area contributed by atoms with E-state index in [1.54, 1.807) is 12.3 Å². The minimum atomic E-state index is -2.81. The number of nitrogens with one attached hydrogen (secondary N) is 1. The first kappa shape index (κ1) is 24.2. The predicted octanol–water partition coefficient (Wildman–Crippen LogP) is 5.43. The third-order valence-corrected chi connectivity index (χ3v) is 8.14. The van der Waals surface area contributed by atoms with Crippen LogP contribution in [0.5, 0.6) is 0 Å². The SMILES string of the molecule is O=C(N[C@H]1CC2=C(c3ccn(C(F)F)n3)[C@H](c3ccc(F)cc3Cl)N=C(c3nccs3)N2C1)C1CCC1. The Labute approximate surface area is 219 Å².